The third-order valence-corrected chi connectivity index (χ3v) is 5.14. The second-order valence-electron chi connectivity index (χ2n) is 4.90. The minimum absolute atomic E-state index is 0.387. The van der Waals surface area contributed by atoms with Gasteiger partial charge >= 0.3 is 5.97 Å². The second-order valence-corrected chi connectivity index (χ2v) is 6.73. The molecule has 1 N–H and O–H groups in total. The zero-order valence-electron chi connectivity index (χ0n) is 12.7. The first-order valence-corrected chi connectivity index (χ1v) is 8.41. The van der Waals surface area contributed by atoms with Crippen molar-refractivity contribution in [2.24, 2.45) is 0 Å². The highest BCUT2D eigenvalue weighted by molar-refractivity contribution is 7.93. The van der Waals surface area contributed by atoms with E-state index < -0.39 is 50.3 Å². The number of halogens is 1. The molecule has 0 fully saturated rings. The van der Waals surface area contributed by atoms with Crippen LogP contribution in [0.5, 0.6) is 0 Å². The lowest BCUT2D eigenvalue weighted by molar-refractivity contribution is -0.387. The number of hydrogen-bond acceptors (Lipinski definition) is 5. The predicted octanol–water partition coefficient (Wildman–Crippen LogP) is 2.40. The number of rotatable bonds is 7. The summed E-state index contributed by atoms with van der Waals surface area (Å²) in [6, 6.07) is 9.48. The Bertz CT molecular complexity index is 916. The van der Waals surface area contributed by atoms with E-state index >= 15 is 0 Å². The van der Waals surface area contributed by atoms with Gasteiger partial charge in [0.05, 0.1) is 17.0 Å². The summed E-state index contributed by atoms with van der Waals surface area (Å²) in [4.78, 5) is 20.4. The third kappa shape index (κ3) is 3.91. The van der Waals surface area contributed by atoms with E-state index in [0.717, 1.165) is 24.3 Å². The summed E-state index contributed by atoms with van der Waals surface area (Å²) in [5.74, 6) is -2.19. The van der Waals surface area contributed by atoms with Gasteiger partial charge < -0.3 is 5.11 Å². The van der Waals surface area contributed by atoms with E-state index in [9.17, 15) is 27.7 Å². The van der Waals surface area contributed by atoms with Gasteiger partial charge in [0.25, 0.3) is 15.7 Å². The molecule has 0 saturated heterocycles. The van der Waals surface area contributed by atoms with Crippen molar-refractivity contribution >= 4 is 27.4 Å². The number of aliphatic carboxylic acids is 1. The zero-order chi connectivity index (χ0) is 18.6. The van der Waals surface area contributed by atoms with Gasteiger partial charge in [-0.1, -0.05) is 24.3 Å². The third-order valence-electron chi connectivity index (χ3n) is 3.28. The first kappa shape index (κ1) is 18.3. The first-order valence-electron chi connectivity index (χ1n) is 6.97. The molecule has 0 atom stereocenters. The molecular weight excluding hydrogens is 355 g/mol. The van der Waals surface area contributed by atoms with Crippen LogP contribution in [0.4, 0.5) is 15.8 Å². The van der Waals surface area contributed by atoms with Crippen molar-refractivity contribution in [1.29, 1.82) is 0 Å². The maximum atomic E-state index is 14.1. The molecule has 0 bridgehead atoms. The van der Waals surface area contributed by atoms with Crippen LogP contribution in [0, 0.1) is 15.9 Å². The van der Waals surface area contributed by atoms with Crippen LogP contribution in [-0.4, -0.2) is 31.0 Å². The maximum absolute atomic E-state index is 14.1. The average molecular weight is 368 g/mol. The minimum Gasteiger partial charge on any atom is -0.481 e. The van der Waals surface area contributed by atoms with Crippen LogP contribution in [0.2, 0.25) is 0 Å². The Hall–Kier alpha value is -3.01. The van der Waals surface area contributed by atoms with Crippen LogP contribution in [-0.2, 0) is 14.8 Å². The second kappa shape index (κ2) is 7.26. The van der Waals surface area contributed by atoms with E-state index in [0.29, 0.717) is 4.31 Å². The van der Waals surface area contributed by atoms with Gasteiger partial charge in [0.1, 0.15) is 5.82 Å². The van der Waals surface area contributed by atoms with Crippen molar-refractivity contribution in [3.05, 3.63) is 64.5 Å². The molecule has 0 unspecified atom stereocenters. The van der Waals surface area contributed by atoms with Crippen LogP contribution in [0.25, 0.3) is 0 Å². The van der Waals surface area contributed by atoms with Gasteiger partial charge in [-0.15, -0.1) is 0 Å². The number of carbonyl (C=O) groups is 1. The number of nitrogens with zero attached hydrogens (tertiary/aromatic N) is 2. The molecule has 0 spiro atoms. The smallest absolute Gasteiger partial charge is 0.305 e. The summed E-state index contributed by atoms with van der Waals surface area (Å²) in [5.41, 5.74) is -1.07. The average Bonchev–Trinajstić information content (AvgIpc) is 2.56. The topological polar surface area (TPSA) is 118 Å². The lowest BCUT2D eigenvalue weighted by atomic mass is 10.3. The van der Waals surface area contributed by atoms with E-state index in [1.807, 2.05) is 0 Å². The number of nitro groups is 1. The Morgan fingerprint density at radius 3 is 2.36 bits per heavy atom. The van der Waals surface area contributed by atoms with Crippen molar-refractivity contribution in [3.8, 4) is 0 Å². The fourth-order valence-corrected chi connectivity index (χ4v) is 3.80. The molecule has 0 radical (unpaired) electrons. The Morgan fingerprint density at radius 2 is 1.76 bits per heavy atom. The van der Waals surface area contributed by atoms with Crippen LogP contribution >= 0.6 is 0 Å². The minimum atomic E-state index is -4.56. The van der Waals surface area contributed by atoms with Crippen molar-refractivity contribution in [2.45, 2.75) is 11.3 Å². The Morgan fingerprint density at radius 1 is 1.16 bits per heavy atom. The molecule has 0 heterocycles. The molecule has 10 heteroatoms. The van der Waals surface area contributed by atoms with Gasteiger partial charge in [-0.25, -0.2) is 12.8 Å². The summed E-state index contributed by atoms with van der Waals surface area (Å²) >= 11 is 0. The fourth-order valence-electron chi connectivity index (χ4n) is 2.17. The van der Waals surface area contributed by atoms with Crippen molar-refractivity contribution in [2.75, 3.05) is 10.8 Å². The van der Waals surface area contributed by atoms with Gasteiger partial charge in [-0.05, 0) is 18.2 Å². The highest BCUT2D eigenvalue weighted by Gasteiger charge is 2.33. The van der Waals surface area contributed by atoms with Crippen molar-refractivity contribution in [1.82, 2.24) is 0 Å². The van der Waals surface area contributed by atoms with Crippen LogP contribution in [0.15, 0.2) is 53.4 Å². The molecule has 25 heavy (non-hydrogen) atoms. The Labute approximate surface area is 142 Å². The Kier molecular flexibility index (Phi) is 5.32. The molecule has 8 nitrogen and oxygen atoms in total. The standard InChI is InChI=1S/C15H13FN2O6S/c16-11-5-1-2-6-12(11)17(10-9-15(19)20)25(23,24)14-8-4-3-7-13(14)18(21)22/h1-8H,9-10H2,(H,19,20). The number of anilines is 1. The van der Waals surface area contributed by atoms with Crippen molar-refractivity contribution < 1.29 is 27.6 Å². The van der Waals surface area contributed by atoms with E-state index in [4.69, 9.17) is 5.11 Å². The Balaban J connectivity index is 2.62. The number of carboxylic acid groups (broad SMARTS) is 1. The van der Waals surface area contributed by atoms with Crippen LogP contribution < -0.4 is 4.31 Å². The van der Waals surface area contributed by atoms with Gasteiger partial charge in [-0.2, -0.15) is 0 Å². The summed E-state index contributed by atoms with van der Waals surface area (Å²) in [5, 5.41) is 19.9. The molecule has 0 aliphatic carbocycles. The van der Waals surface area contributed by atoms with E-state index in [-0.39, 0.29) is 5.69 Å². The highest BCUT2D eigenvalue weighted by atomic mass is 32.2. The highest BCUT2D eigenvalue weighted by Crippen LogP contribution is 2.31. The number of benzene rings is 2. The molecule has 2 rings (SSSR count). The quantitative estimate of drug-likeness (QED) is 0.592. The molecule has 0 aromatic heterocycles. The molecule has 2 aromatic rings. The molecule has 0 amide bonds. The monoisotopic (exact) mass is 368 g/mol. The lowest BCUT2D eigenvalue weighted by Gasteiger charge is -2.24. The molecular formula is C15H13FN2O6S. The number of para-hydroxylation sites is 2. The molecule has 0 aliphatic heterocycles. The molecule has 0 aliphatic rings. The fraction of sp³-hybridized carbons (Fsp3) is 0.133. The largest absolute Gasteiger partial charge is 0.481 e. The summed E-state index contributed by atoms with van der Waals surface area (Å²) in [6.45, 7) is -0.579. The molecule has 132 valence electrons. The molecule has 0 saturated carbocycles. The van der Waals surface area contributed by atoms with Gasteiger partial charge in [0.2, 0.25) is 0 Å². The van der Waals surface area contributed by atoms with Gasteiger partial charge in [0.15, 0.2) is 4.90 Å². The SMILES string of the molecule is O=C(O)CCN(c1ccccc1F)S(=O)(=O)c1ccccc1[N+](=O)[O-]. The van der Waals surface area contributed by atoms with E-state index in [1.54, 1.807) is 0 Å². The van der Waals surface area contributed by atoms with Gasteiger partial charge in [0, 0.05) is 12.6 Å². The normalized spacial score (nSPS) is 11.1. The summed E-state index contributed by atoms with van der Waals surface area (Å²) in [7, 11) is -4.56. The number of carboxylic acids is 1. The molecule has 2 aromatic carbocycles. The van der Waals surface area contributed by atoms with Crippen molar-refractivity contribution in [3.63, 3.8) is 0 Å². The number of hydrogen-bond donors (Lipinski definition) is 1. The van der Waals surface area contributed by atoms with Crippen LogP contribution in [0.3, 0.4) is 0 Å². The van der Waals surface area contributed by atoms with Crippen LogP contribution in [0.1, 0.15) is 6.42 Å². The summed E-state index contributed by atoms with van der Waals surface area (Å²) < 4.78 is 40.4. The zero-order valence-corrected chi connectivity index (χ0v) is 13.5. The summed E-state index contributed by atoms with van der Waals surface area (Å²) in [6.07, 6.45) is -0.603. The van der Waals surface area contributed by atoms with E-state index in [2.05, 4.69) is 0 Å². The number of nitro benzene ring substituents is 1. The van der Waals surface area contributed by atoms with E-state index in [1.165, 1.54) is 24.3 Å². The number of sulfonamides is 1. The van der Waals surface area contributed by atoms with Gasteiger partial charge in [-0.3, -0.25) is 19.2 Å². The maximum Gasteiger partial charge on any atom is 0.305 e. The lowest BCUT2D eigenvalue weighted by Crippen LogP contribution is -2.34. The predicted molar refractivity (Wildman–Crippen MR) is 86.3 cm³/mol. The first-order chi connectivity index (χ1) is 11.7.